The van der Waals surface area contributed by atoms with Gasteiger partial charge in [-0.2, -0.15) is 5.10 Å². The van der Waals surface area contributed by atoms with Crippen molar-refractivity contribution in [3.05, 3.63) is 71.8 Å². The third-order valence-electron chi connectivity index (χ3n) is 5.63. The molecule has 29 heavy (non-hydrogen) atoms. The summed E-state index contributed by atoms with van der Waals surface area (Å²) in [5.74, 6) is 0.0952. The molecule has 0 bridgehead atoms. The van der Waals surface area contributed by atoms with Crippen LogP contribution in [0.3, 0.4) is 0 Å². The zero-order valence-corrected chi connectivity index (χ0v) is 16.7. The van der Waals surface area contributed by atoms with Crippen molar-refractivity contribution in [1.29, 1.82) is 0 Å². The second kappa shape index (κ2) is 8.57. The zero-order chi connectivity index (χ0) is 20.2. The van der Waals surface area contributed by atoms with Crippen molar-refractivity contribution in [1.82, 2.24) is 14.8 Å². The molecule has 2 aliphatic heterocycles. The minimum atomic E-state index is -0.0857. The SMILES string of the molecule is CC(=O)N1CCN(CC(=O)N2N=C(c3ccccc3)C[C@H]2c2ccccc2)CC1. The number of benzene rings is 2. The topological polar surface area (TPSA) is 56.2 Å². The second-order valence-corrected chi connectivity index (χ2v) is 7.56. The van der Waals surface area contributed by atoms with E-state index in [0.29, 0.717) is 39.1 Å². The van der Waals surface area contributed by atoms with Crippen LogP contribution in [0.25, 0.3) is 0 Å². The van der Waals surface area contributed by atoms with E-state index in [-0.39, 0.29) is 17.9 Å². The Kier molecular flexibility index (Phi) is 5.71. The number of piperazine rings is 1. The number of hydrogen-bond acceptors (Lipinski definition) is 4. The summed E-state index contributed by atoms with van der Waals surface area (Å²) in [6.45, 7) is 4.68. The monoisotopic (exact) mass is 390 g/mol. The molecule has 2 aromatic rings. The molecule has 0 spiro atoms. The molecular weight excluding hydrogens is 364 g/mol. The molecular formula is C23H26N4O2. The Morgan fingerprint density at radius 2 is 1.55 bits per heavy atom. The van der Waals surface area contributed by atoms with Crippen LogP contribution in [0.1, 0.15) is 30.5 Å². The van der Waals surface area contributed by atoms with Crippen molar-refractivity contribution in [2.24, 2.45) is 5.10 Å². The molecule has 0 N–H and O–H groups in total. The maximum absolute atomic E-state index is 13.2. The van der Waals surface area contributed by atoms with Crippen molar-refractivity contribution >= 4 is 17.5 Å². The quantitative estimate of drug-likeness (QED) is 0.806. The normalized spacial score (nSPS) is 19.9. The first kappa shape index (κ1) is 19.3. The molecule has 2 amide bonds. The Hall–Kier alpha value is -2.99. The van der Waals surface area contributed by atoms with Crippen LogP contribution in [0, 0.1) is 0 Å². The number of rotatable bonds is 4. The fourth-order valence-corrected chi connectivity index (χ4v) is 3.96. The highest BCUT2D eigenvalue weighted by molar-refractivity contribution is 6.03. The smallest absolute Gasteiger partial charge is 0.257 e. The molecule has 0 saturated carbocycles. The molecule has 2 aliphatic rings. The average Bonchev–Trinajstić information content (AvgIpc) is 3.21. The fraction of sp³-hybridized carbons (Fsp3) is 0.348. The highest BCUT2D eigenvalue weighted by Gasteiger charge is 2.34. The van der Waals surface area contributed by atoms with Crippen LogP contribution in [0.5, 0.6) is 0 Å². The summed E-state index contributed by atoms with van der Waals surface area (Å²) >= 11 is 0. The van der Waals surface area contributed by atoms with E-state index in [2.05, 4.69) is 17.0 Å². The van der Waals surface area contributed by atoms with Gasteiger partial charge in [-0.15, -0.1) is 0 Å². The van der Waals surface area contributed by atoms with Crippen molar-refractivity contribution in [2.75, 3.05) is 32.7 Å². The molecule has 1 saturated heterocycles. The van der Waals surface area contributed by atoms with E-state index in [9.17, 15) is 9.59 Å². The Morgan fingerprint density at radius 1 is 0.931 bits per heavy atom. The van der Waals surface area contributed by atoms with Gasteiger partial charge in [0.05, 0.1) is 18.3 Å². The summed E-state index contributed by atoms with van der Waals surface area (Å²) in [5.41, 5.74) is 3.09. The van der Waals surface area contributed by atoms with Gasteiger partial charge < -0.3 is 4.90 Å². The third-order valence-corrected chi connectivity index (χ3v) is 5.63. The molecule has 0 unspecified atom stereocenters. The van der Waals surface area contributed by atoms with Gasteiger partial charge in [0, 0.05) is 39.5 Å². The van der Waals surface area contributed by atoms with Gasteiger partial charge in [0.1, 0.15) is 0 Å². The molecule has 2 heterocycles. The summed E-state index contributed by atoms with van der Waals surface area (Å²) in [5, 5.41) is 6.40. The predicted molar refractivity (Wildman–Crippen MR) is 112 cm³/mol. The average molecular weight is 390 g/mol. The van der Waals surface area contributed by atoms with E-state index < -0.39 is 0 Å². The Bertz CT molecular complexity index is 890. The molecule has 0 radical (unpaired) electrons. The molecule has 0 aliphatic carbocycles. The maximum atomic E-state index is 13.2. The van der Waals surface area contributed by atoms with Gasteiger partial charge in [0.2, 0.25) is 5.91 Å². The number of hydrazone groups is 1. The Morgan fingerprint density at radius 3 is 2.17 bits per heavy atom. The first-order valence-corrected chi connectivity index (χ1v) is 10.1. The lowest BCUT2D eigenvalue weighted by Gasteiger charge is -2.34. The first-order chi connectivity index (χ1) is 14.1. The van der Waals surface area contributed by atoms with Gasteiger partial charge in [0.15, 0.2) is 0 Å². The van der Waals surface area contributed by atoms with Crippen molar-refractivity contribution < 1.29 is 9.59 Å². The molecule has 4 rings (SSSR count). The highest BCUT2D eigenvalue weighted by atomic mass is 16.2. The molecule has 6 nitrogen and oxygen atoms in total. The van der Waals surface area contributed by atoms with Crippen LogP contribution in [0.2, 0.25) is 0 Å². The van der Waals surface area contributed by atoms with Crippen LogP contribution >= 0.6 is 0 Å². The molecule has 6 heteroatoms. The minimum Gasteiger partial charge on any atom is -0.340 e. The van der Waals surface area contributed by atoms with Crippen LogP contribution in [0.4, 0.5) is 0 Å². The molecule has 2 aromatic carbocycles. The minimum absolute atomic E-state index is 0.000981. The predicted octanol–water partition coefficient (Wildman–Crippen LogP) is 2.53. The van der Waals surface area contributed by atoms with E-state index in [1.807, 2.05) is 53.4 Å². The van der Waals surface area contributed by atoms with E-state index in [4.69, 9.17) is 5.10 Å². The van der Waals surface area contributed by atoms with Gasteiger partial charge in [-0.3, -0.25) is 14.5 Å². The number of carbonyl (C=O) groups is 2. The standard InChI is InChI=1S/C23H26N4O2/c1-18(28)26-14-12-25(13-15-26)17-23(29)27-22(20-10-6-3-7-11-20)16-21(24-27)19-8-4-2-5-9-19/h2-11,22H,12-17H2,1H3/t22-/m0/s1. The van der Waals surface area contributed by atoms with Crippen LogP contribution in [-0.4, -0.2) is 65.1 Å². The van der Waals surface area contributed by atoms with E-state index in [1.165, 1.54) is 0 Å². The lowest BCUT2D eigenvalue weighted by atomic mass is 9.98. The van der Waals surface area contributed by atoms with E-state index in [1.54, 1.807) is 11.9 Å². The van der Waals surface area contributed by atoms with Crippen molar-refractivity contribution in [2.45, 2.75) is 19.4 Å². The van der Waals surface area contributed by atoms with Crippen molar-refractivity contribution in [3.63, 3.8) is 0 Å². The summed E-state index contributed by atoms with van der Waals surface area (Å²) in [4.78, 5) is 28.6. The molecule has 1 fully saturated rings. The van der Waals surface area contributed by atoms with E-state index >= 15 is 0 Å². The summed E-state index contributed by atoms with van der Waals surface area (Å²) < 4.78 is 0. The second-order valence-electron chi connectivity index (χ2n) is 7.56. The van der Waals surface area contributed by atoms with Gasteiger partial charge in [0.25, 0.3) is 5.91 Å². The first-order valence-electron chi connectivity index (χ1n) is 10.1. The van der Waals surface area contributed by atoms with Gasteiger partial charge in [-0.25, -0.2) is 5.01 Å². The summed E-state index contributed by atoms with van der Waals surface area (Å²) in [6, 6.07) is 20.1. The fourth-order valence-electron chi connectivity index (χ4n) is 3.96. The van der Waals surface area contributed by atoms with Crippen LogP contribution in [-0.2, 0) is 9.59 Å². The van der Waals surface area contributed by atoms with Crippen molar-refractivity contribution in [3.8, 4) is 0 Å². The Balaban J connectivity index is 1.51. The molecule has 150 valence electrons. The number of nitrogens with zero attached hydrogens (tertiary/aromatic N) is 4. The van der Waals surface area contributed by atoms with Crippen LogP contribution in [0.15, 0.2) is 65.8 Å². The van der Waals surface area contributed by atoms with Gasteiger partial charge in [-0.05, 0) is 11.1 Å². The summed E-state index contributed by atoms with van der Waals surface area (Å²) in [6.07, 6.45) is 0.706. The largest absolute Gasteiger partial charge is 0.340 e. The number of carbonyl (C=O) groups excluding carboxylic acids is 2. The Labute approximate surface area is 171 Å². The third kappa shape index (κ3) is 4.38. The maximum Gasteiger partial charge on any atom is 0.257 e. The molecule has 0 aromatic heterocycles. The lowest BCUT2D eigenvalue weighted by Crippen LogP contribution is -2.50. The zero-order valence-electron chi connectivity index (χ0n) is 16.7. The van der Waals surface area contributed by atoms with Gasteiger partial charge >= 0.3 is 0 Å². The molecule has 1 atom stereocenters. The summed E-state index contributed by atoms with van der Waals surface area (Å²) in [7, 11) is 0. The number of hydrogen-bond donors (Lipinski definition) is 0. The number of amides is 2. The van der Waals surface area contributed by atoms with Gasteiger partial charge in [-0.1, -0.05) is 60.7 Å². The highest BCUT2D eigenvalue weighted by Crippen LogP contribution is 2.32. The van der Waals surface area contributed by atoms with E-state index in [0.717, 1.165) is 16.8 Å². The lowest BCUT2D eigenvalue weighted by molar-refractivity contribution is -0.135. The van der Waals surface area contributed by atoms with Crippen LogP contribution < -0.4 is 0 Å².